The van der Waals surface area contributed by atoms with Gasteiger partial charge in [-0.2, -0.15) is 0 Å². The van der Waals surface area contributed by atoms with Gasteiger partial charge in [-0.05, 0) is 31.7 Å². The molecule has 0 saturated carbocycles. The lowest BCUT2D eigenvalue weighted by Gasteiger charge is -2.29. The Labute approximate surface area is 62.6 Å². The standard InChI is InChI=1S/C8H17NO/c1-7-3-2-5-9-8(7)4-6-10/h7-10H,2-6H2,1H3. The van der Waals surface area contributed by atoms with E-state index in [0.717, 1.165) is 18.9 Å². The second-order valence-corrected chi connectivity index (χ2v) is 3.19. The van der Waals surface area contributed by atoms with Crippen LogP contribution in [0.3, 0.4) is 0 Å². The fraction of sp³-hybridized carbons (Fsp3) is 1.00. The van der Waals surface area contributed by atoms with Crippen LogP contribution in [0.5, 0.6) is 0 Å². The summed E-state index contributed by atoms with van der Waals surface area (Å²) in [7, 11) is 0. The van der Waals surface area contributed by atoms with Crippen LogP contribution in [0.15, 0.2) is 0 Å². The Bertz CT molecular complexity index is 93.3. The normalized spacial score (nSPS) is 34.2. The zero-order valence-corrected chi connectivity index (χ0v) is 6.64. The SMILES string of the molecule is CC1CCCNC1CCO. The van der Waals surface area contributed by atoms with Crippen molar-refractivity contribution in [2.24, 2.45) is 5.92 Å². The third-order valence-electron chi connectivity index (χ3n) is 2.37. The number of hydrogen-bond acceptors (Lipinski definition) is 2. The molecule has 0 amide bonds. The first-order valence-corrected chi connectivity index (χ1v) is 4.19. The van der Waals surface area contributed by atoms with Crippen LogP contribution in [0, 0.1) is 5.92 Å². The van der Waals surface area contributed by atoms with E-state index in [9.17, 15) is 0 Å². The maximum atomic E-state index is 8.70. The third kappa shape index (κ3) is 1.96. The topological polar surface area (TPSA) is 32.3 Å². The predicted molar refractivity (Wildman–Crippen MR) is 41.9 cm³/mol. The minimum atomic E-state index is 0.321. The van der Waals surface area contributed by atoms with Crippen molar-refractivity contribution in [2.45, 2.75) is 32.2 Å². The molecule has 0 bridgehead atoms. The highest BCUT2D eigenvalue weighted by atomic mass is 16.3. The van der Waals surface area contributed by atoms with Gasteiger partial charge >= 0.3 is 0 Å². The molecule has 0 spiro atoms. The number of piperidine rings is 1. The molecule has 1 heterocycles. The number of hydrogen-bond donors (Lipinski definition) is 2. The molecule has 1 aliphatic rings. The maximum absolute atomic E-state index is 8.70. The first-order valence-electron chi connectivity index (χ1n) is 4.19. The highest BCUT2D eigenvalue weighted by molar-refractivity contribution is 4.77. The van der Waals surface area contributed by atoms with Gasteiger partial charge in [0.15, 0.2) is 0 Å². The summed E-state index contributed by atoms with van der Waals surface area (Å²) in [5.41, 5.74) is 0. The molecule has 0 aromatic carbocycles. The summed E-state index contributed by atoms with van der Waals surface area (Å²) in [6, 6.07) is 0.568. The minimum absolute atomic E-state index is 0.321. The van der Waals surface area contributed by atoms with Gasteiger partial charge in [-0.1, -0.05) is 6.92 Å². The van der Waals surface area contributed by atoms with Gasteiger partial charge in [0.05, 0.1) is 0 Å². The Kier molecular flexibility index (Phi) is 3.16. The van der Waals surface area contributed by atoms with Crippen LogP contribution < -0.4 is 5.32 Å². The van der Waals surface area contributed by atoms with E-state index in [0.29, 0.717) is 12.6 Å². The first-order chi connectivity index (χ1) is 4.84. The van der Waals surface area contributed by atoms with Gasteiger partial charge in [0.2, 0.25) is 0 Å². The molecule has 2 N–H and O–H groups in total. The molecular weight excluding hydrogens is 126 g/mol. The van der Waals surface area contributed by atoms with Crippen molar-refractivity contribution < 1.29 is 5.11 Å². The second-order valence-electron chi connectivity index (χ2n) is 3.19. The van der Waals surface area contributed by atoms with Crippen molar-refractivity contribution in [1.82, 2.24) is 5.32 Å². The van der Waals surface area contributed by atoms with Crippen LogP contribution in [0.1, 0.15) is 26.2 Å². The number of nitrogens with one attached hydrogen (secondary N) is 1. The third-order valence-corrected chi connectivity index (χ3v) is 2.37. The van der Waals surface area contributed by atoms with Crippen molar-refractivity contribution in [3.63, 3.8) is 0 Å². The molecular formula is C8H17NO. The fourth-order valence-electron chi connectivity index (χ4n) is 1.64. The Morgan fingerprint density at radius 1 is 1.60 bits per heavy atom. The summed E-state index contributed by atoms with van der Waals surface area (Å²) in [6.07, 6.45) is 3.53. The van der Waals surface area contributed by atoms with Gasteiger partial charge in [-0.15, -0.1) is 0 Å². The zero-order chi connectivity index (χ0) is 7.40. The minimum Gasteiger partial charge on any atom is -0.396 e. The lowest BCUT2D eigenvalue weighted by Crippen LogP contribution is -2.40. The fourth-order valence-corrected chi connectivity index (χ4v) is 1.64. The molecule has 1 rings (SSSR count). The molecule has 0 aromatic heterocycles. The summed E-state index contributed by atoms with van der Waals surface area (Å²) >= 11 is 0. The van der Waals surface area contributed by atoms with Crippen LogP contribution in [0.4, 0.5) is 0 Å². The summed E-state index contributed by atoms with van der Waals surface area (Å²) in [5, 5.41) is 12.1. The van der Waals surface area contributed by atoms with E-state index < -0.39 is 0 Å². The van der Waals surface area contributed by atoms with Gasteiger partial charge in [0.1, 0.15) is 0 Å². The molecule has 1 saturated heterocycles. The Morgan fingerprint density at radius 3 is 3.00 bits per heavy atom. The summed E-state index contributed by atoms with van der Waals surface area (Å²) < 4.78 is 0. The molecule has 2 heteroatoms. The highest BCUT2D eigenvalue weighted by Gasteiger charge is 2.19. The summed E-state index contributed by atoms with van der Waals surface area (Å²) in [4.78, 5) is 0. The van der Waals surface area contributed by atoms with E-state index in [1.54, 1.807) is 0 Å². The van der Waals surface area contributed by atoms with Crippen LogP contribution in [0.25, 0.3) is 0 Å². The quantitative estimate of drug-likeness (QED) is 0.598. The molecule has 10 heavy (non-hydrogen) atoms. The summed E-state index contributed by atoms with van der Waals surface area (Å²) in [6.45, 7) is 3.71. The largest absolute Gasteiger partial charge is 0.396 e. The predicted octanol–water partition coefficient (Wildman–Crippen LogP) is 0.757. The Morgan fingerprint density at radius 2 is 2.40 bits per heavy atom. The van der Waals surface area contributed by atoms with E-state index in [-0.39, 0.29) is 0 Å². The molecule has 2 unspecified atom stereocenters. The molecule has 0 aromatic rings. The van der Waals surface area contributed by atoms with Crippen molar-refractivity contribution in [1.29, 1.82) is 0 Å². The van der Waals surface area contributed by atoms with E-state index in [4.69, 9.17) is 5.11 Å². The monoisotopic (exact) mass is 143 g/mol. The van der Waals surface area contributed by atoms with E-state index in [1.165, 1.54) is 12.8 Å². The average molecular weight is 143 g/mol. The van der Waals surface area contributed by atoms with E-state index in [2.05, 4.69) is 12.2 Å². The van der Waals surface area contributed by atoms with Crippen molar-refractivity contribution in [3.05, 3.63) is 0 Å². The molecule has 1 aliphatic heterocycles. The van der Waals surface area contributed by atoms with Gasteiger partial charge in [-0.3, -0.25) is 0 Å². The van der Waals surface area contributed by atoms with Crippen LogP contribution in [0.2, 0.25) is 0 Å². The summed E-state index contributed by atoms with van der Waals surface area (Å²) in [5.74, 6) is 0.751. The van der Waals surface area contributed by atoms with E-state index in [1.807, 2.05) is 0 Å². The molecule has 0 radical (unpaired) electrons. The van der Waals surface area contributed by atoms with Gasteiger partial charge in [0.25, 0.3) is 0 Å². The zero-order valence-electron chi connectivity index (χ0n) is 6.64. The molecule has 1 fully saturated rings. The van der Waals surface area contributed by atoms with Crippen LogP contribution >= 0.6 is 0 Å². The average Bonchev–Trinajstić information content (AvgIpc) is 1.94. The highest BCUT2D eigenvalue weighted by Crippen LogP contribution is 2.17. The maximum Gasteiger partial charge on any atom is 0.0445 e. The first kappa shape index (κ1) is 8.02. The van der Waals surface area contributed by atoms with Crippen molar-refractivity contribution in [3.8, 4) is 0 Å². The number of aliphatic hydroxyl groups is 1. The smallest absolute Gasteiger partial charge is 0.0445 e. The van der Waals surface area contributed by atoms with Crippen LogP contribution in [-0.2, 0) is 0 Å². The number of aliphatic hydroxyl groups excluding tert-OH is 1. The van der Waals surface area contributed by atoms with E-state index >= 15 is 0 Å². The molecule has 60 valence electrons. The van der Waals surface area contributed by atoms with Gasteiger partial charge in [-0.25, -0.2) is 0 Å². The Balaban J connectivity index is 2.25. The second kappa shape index (κ2) is 3.94. The van der Waals surface area contributed by atoms with Crippen molar-refractivity contribution in [2.75, 3.05) is 13.2 Å². The Hall–Kier alpha value is -0.0800. The molecule has 2 nitrogen and oxygen atoms in total. The number of rotatable bonds is 2. The molecule has 2 atom stereocenters. The molecule has 0 aliphatic carbocycles. The lowest BCUT2D eigenvalue weighted by molar-refractivity contribution is 0.217. The van der Waals surface area contributed by atoms with Crippen LogP contribution in [-0.4, -0.2) is 24.3 Å². The van der Waals surface area contributed by atoms with Gasteiger partial charge < -0.3 is 10.4 Å². The lowest BCUT2D eigenvalue weighted by atomic mass is 9.91. The van der Waals surface area contributed by atoms with Gasteiger partial charge in [0, 0.05) is 12.6 Å². The van der Waals surface area contributed by atoms with Crippen molar-refractivity contribution >= 4 is 0 Å².